The Kier molecular flexibility index (Phi) is 4.34. The predicted octanol–water partition coefficient (Wildman–Crippen LogP) is 3.08. The molecule has 0 amide bonds. The summed E-state index contributed by atoms with van der Waals surface area (Å²) in [5, 5.41) is 18.1. The van der Waals surface area contributed by atoms with Gasteiger partial charge in [0.1, 0.15) is 18.2 Å². The second-order valence-corrected chi connectivity index (χ2v) is 4.47. The zero-order chi connectivity index (χ0) is 14.5. The van der Waals surface area contributed by atoms with Gasteiger partial charge in [0.05, 0.1) is 18.2 Å². The highest BCUT2D eigenvalue weighted by Crippen LogP contribution is 2.24. The number of ether oxygens (including phenoxy) is 1. The number of hydrogen-bond donors (Lipinski definition) is 1. The Morgan fingerprint density at radius 1 is 1.30 bits per heavy atom. The standard InChI is InChI=1S/C16H14FNO2/c1-11-3-2-4-14(9-19)16(11)20-10-13-5-12(8-18)6-15(17)7-13/h2-7,19H,9-10H2,1H3. The third-order valence-electron chi connectivity index (χ3n) is 2.93. The lowest BCUT2D eigenvalue weighted by Gasteiger charge is -2.13. The van der Waals surface area contributed by atoms with Crippen LogP contribution in [0.3, 0.4) is 0 Å². The number of rotatable bonds is 4. The normalized spacial score (nSPS) is 10.1. The summed E-state index contributed by atoms with van der Waals surface area (Å²) in [7, 11) is 0. The molecule has 0 spiro atoms. The average Bonchev–Trinajstić information content (AvgIpc) is 2.45. The molecule has 2 aromatic rings. The topological polar surface area (TPSA) is 53.2 Å². The van der Waals surface area contributed by atoms with Gasteiger partial charge in [-0.25, -0.2) is 4.39 Å². The fourth-order valence-corrected chi connectivity index (χ4v) is 2.00. The van der Waals surface area contributed by atoms with Gasteiger partial charge in [-0.05, 0) is 36.2 Å². The van der Waals surface area contributed by atoms with Crippen LogP contribution in [0.4, 0.5) is 4.39 Å². The number of aryl methyl sites for hydroxylation is 1. The molecule has 3 nitrogen and oxygen atoms in total. The van der Waals surface area contributed by atoms with Crippen molar-refractivity contribution in [3.8, 4) is 11.8 Å². The molecular weight excluding hydrogens is 257 g/mol. The smallest absolute Gasteiger partial charge is 0.128 e. The van der Waals surface area contributed by atoms with Crippen LogP contribution in [0.5, 0.6) is 5.75 Å². The van der Waals surface area contributed by atoms with Crippen molar-refractivity contribution in [3.63, 3.8) is 0 Å². The number of nitriles is 1. The molecule has 0 aliphatic carbocycles. The van der Waals surface area contributed by atoms with Crippen molar-refractivity contribution < 1.29 is 14.2 Å². The van der Waals surface area contributed by atoms with E-state index in [9.17, 15) is 9.50 Å². The lowest BCUT2D eigenvalue weighted by molar-refractivity contribution is 0.258. The Bertz CT molecular complexity index is 662. The first kappa shape index (κ1) is 14.0. The molecule has 0 heterocycles. The first-order valence-electron chi connectivity index (χ1n) is 6.15. The lowest BCUT2D eigenvalue weighted by Crippen LogP contribution is -2.01. The van der Waals surface area contributed by atoms with Gasteiger partial charge in [0, 0.05) is 5.56 Å². The van der Waals surface area contributed by atoms with Crippen LogP contribution in [0, 0.1) is 24.1 Å². The lowest BCUT2D eigenvalue weighted by atomic mass is 10.1. The second kappa shape index (κ2) is 6.18. The van der Waals surface area contributed by atoms with Gasteiger partial charge in [-0.1, -0.05) is 18.2 Å². The molecular formula is C16H14FNO2. The Morgan fingerprint density at radius 3 is 2.80 bits per heavy atom. The van der Waals surface area contributed by atoms with Crippen LogP contribution in [0.2, 0.25) is 0 Å². The molecule has 20 heavy (non-hydrogen) atoms. The van der Waals surface area contributed by atoms with Crippen molar-refractivity contribution in [3.05, 3.63) is 64.5 Å². The van der Waals surface area contributed by atoms with E-state index in [1.54, 1.807) is 12.1 Å². The van der Waals surface area contributed by atoms with E-state index in [1.807, 2.05) is 25.1 Å². The fraction of sp³-hybridized carbons (Fsp3) is 0.188. The Balaban J connectivity index is 2.21. The van der Waals surface area contributed by atoms with Crippen LogP contribution < -0.4 is 4.74 Å². The van der Waals surface area contributed by atoms with Crippen LogP contribution in [0.25, 0.3) is 0 Å². The highest BCUT2D eigenvalue weighted by Gasteiger charge is 2.07. The summed E-state index contributed by atoms with van der Waals surface area (Å²) in [4.78, 5) is 0. The van der Waals surface area contributed by atoms with E-state index in [4.69, 9.17) is 10.00 Å². The monoisotopic (exact) mass is 271 g/mol. The highest BCUT2D eigenvalue weighted by molar-refractivity contribution is 5.41. The Labute approximate surface area is 116 Å². The van der Waals surface area contributed by atoms with E-state index in [0.717, 1.165) is 5.56 Å². The van der Waals surface area contributed by atoms with Crippen LogP contribution in [-0.4, -0.2) is 5.11 Å². The van der Waals surface area contributed by atoms with E-state index < -0.39 is 5.82 Å². The molecule has 0 saturated carbocycles. The molecule has 4 heteroatoms. The van der Waals surface area contributed by atoms with Crippen molar-refractivity contribution in [2.45, 2.75) is 20.1 Å². The van der Waals surface area contributed by atoms with Gasteiger partial charge in [-0.15, -0.1) is 0 Å². The zero-order valence-electron chi connectivity index (χ0n) is 11.1. The van der Waals surface area contributed by atoms with Crippen LogP contribution in [-0.2, 0) is 13.2 Å². The van der Waals surface area contributed by atoms with Crippen LogP contribution in [0.15, 0.2) is 36.4 Å². The van der Waals surface area contributed by atoms with Crippen molar-refractivity contribution in [1.29, 1.82) is 5.26 Å². The summed E-state index contributed by atoms with van der Waals surface area (Å²) in [6, 6.07) is 11.5. The fourth-order valence-electron chi connectivity index (χ4n) is 2.00. The van der Waals surface area contributed by atoms with Gasteiger partial charge in [-0.3, -0.25) is 0 Å². The van der Waals surface area contributed by atoms with Gasteiger partial charge in [0.15, 0.2) is 0 Å². The minimum Gasteiger partial charge on any atom is -0.488 e. The number of hydrogen-bond acceptors (Lipinski definition) is 3. The number of benzene rings is 2. The van der Waals surface area contributed by atoms with Crippen LogP contribution in [0.1, 0.15) is 22.3 Å². The number of para-hydroxylation sites is 1. The van der Waals surface area contributed by atoms with Gasteiger partial charge >= 0.3 is 0 Å². The third-order valence-corrected chi connectivity index (χ3v) is 2.93. The number of halogens is 1. The van der Waals surface area contributed by atoms with Crippen molar-refractivity contribution in [1.82, 2.24) is 0 Å². The zero-order valence-corrected chi connectivity index (χ0v) is 11.1. The average molecular weight is 271 g/mol. The quantitative estimate of drug-likeness (QED) is 0.929. The third kappa shape index (κ3) is 3.14. The molecule has 102 valence electrons. The van der Waals surface area contributed by atoms with Gasteiger partial charge in [0.25, 0.3) is 0 Å². The Hall–Kier alpha value is -2.38. The molecule has 0 bridgehead atoms. The first-order chi connectivity index (χ1) is 9.63. The van der Waals surface area contributed by atoms with Gasteiger partial charge in [-0.2, -0.15) is 5.26 Å². The van der Waals surface area contributed by atoms with E-state index in [0.29, 0.717) is 16.9 Å². The molecule has 0 aromatic heterocycles. The summed E-state index contributed by atoms with van der Waals surface area (Å²) in [5.41, 5.74) is 2.42. The van der Waals surface area contributed by atoms with E-state index in [-0.39, 0.29) is 18.8 Å². The summed E-state index contributed by atoms with van der Waals surface area (Å²) in [5.74, 6) is 0.132. The van der Waals surface area contributed by atoms with E-state index >= 15 is 0 Å². The molecule has 0 unspecified atom stereocenters. The summed E-state index contributed by atoms with van der Waals surface area (Å²) < 4.78 is 19.0. The number of nitrogens with zero attached hydrogens (tertiary/aromatic N) is 1. The maximum absolute atomic E-state index is 13.3. The molecule has 2 aromatic carbocycles. The van der Waals surface area contributed by atoms with Gasteiger partial charge < -0.3 is 9.84 Å². The maximum atomic E-state index is 13.3. The van der Waals surface area contributed by atoms with Gasteiger partial charge in [0.2, 0.25) is 0 Å². The Morgan fingerprint density at radius 2 is 2.10 bits per heavy atom. The van der Waals surface area contributed by atoms with E-state index in [2.05, 4.69) is 0 Å². The van der Waals surface area contributed by atoms with Crippen LogP contribution >= 0.6 is 0 Å². The number of aliphatic hydroxyl groups excluding tert-OH is 1. The summed E-state index contributed by atoms with van der Waals surface area (Å²) in [6.45, 7) is 1.90. The molecule has 0 fully saturated rings. The molecule has 0 atom stereocenters. The molecule has 1 N–H and O–H groups in total. The van der Waals surface area contributed by atoms with Crippen molar-refractivity contribution in [2.75, 3.05) is 0 Å². The van der Waals surface area contributed by atoms with E-state index in [1.165, 1.54) is 12.1 Å². The number of aliphatic hydroxyl groups is 1. The molecule has 2 rings (SSSR count). The maximum Gasteiger partial charge on any atom is 0.128 e. The van der Waals surface area contributed by atoms with Crippen molar-refractivity contribution in [2.24, 2.45) is 0 Å². The molecule has 0 aliphatic heterocycles. The molecule has 0 saturated heterocycles. The molecule has 0 aliphatic rings. The SMILES string of the molecule is Cc1cccc(CO)c1OCc1cc(F)cc(C#N)c1. The summed E-state index contributed by atoms with van der Waals surface area (Å²) in [6.07, 6.45) is 0. The minimum atomic E-state index is -0.463. The largest absolute Gasteiger partial charge is 0.488 e. The minimum absolute atomic E-state index is 0.121. The summed E-state index contributed by atoms with van der Waals surface area (Å²) >= 11 is 0. The van der Waals surface area contributed by atoms with Crippen molar-refractivity contribution >= 4 is 0 Å². The predicted molar refractivity (Wildman–Crippen MR) is 72.5 cm³/mol. The first-order valence-corrected chi connectivity index (χ1v) is 6.15. The highest BCUT2D eigenvalue weighted by atomic mass is 19.1. The second-order valence-electron chi connectivity index (χ2n) is 4.47. The molecule has 0 radical (unpaired) electrons.